The standard InChI is InChI=1S/C22H24N2O/c1-16-6-8-17(9-7-16)10-11-22(25)24-14-12-19-18-4-2-3-5-20(18)23-21(19)13-15-24/h2-9,23H,10-15H2,1H3. The minimum atomic E-state index is 0.273. The average molecular weight is 332 g/mol. The molecule has 25 heavy (non-hydrogen) atoms. The Morgan fingerprint density at radius 3 is 2.64 bits per heavy atom. The maximum Gasteiger partial charge on any atom is 0.222 e. The molecule has 0 atom stereocenters. The van der Waals surface area contributed by atoms with Crippen molar-refractivity contribution in [3.63, 3.8) is 0 Å². The van der Waals surface area contributed by atoms with E-state index in [0.29, 0.717) is 6.42 Å². The molecule has 0 unspecified atom stereocenters. The molecule has 128 valence electrons. The van der Waals surface area contributed by atoms with Crippen LogP contribution in [0.3, 0.4) is 0 Å². The molecule has 3 nitrogen and oxygen atoms in total. The van der Waals surface area contributed by atoms with Crippen molar-refractivity contribution < 1.29 is 4.79 Å². The van der Waals surface area contributed by atoms with Gasteiger partial charge in [-0.2, -0.15) is 0 Å². The van der Waals surface area contributed by atoms with Gasteiger partial charge in [0.15, 0.2) is 0 Å². The maximum absolute atomic E-state index is 12.6. The third-order valence-electron chi connectivity index (χ3n) is 5.27. The van der Waals surface area contributed by atoms with E-state index < -0.39 is 0 Å². The topological polar surface area (TPSA) is 36.1 Å². The van der Waals surface area contributed by atoms with Crippen LogP contribution in [-0.4, -0.2) is 28.9 Å². The molecule has 0 saturated heterocycles. The Bertz CT molecular complexity index is 892. The second-order valence-corrected chi connectivity index (χ2v) is 6.99. The second kappa shape index (κ2) is 6.75. The number of hydrogen-bond donors (Lipinski definition) is 1. The van der Waals surface area contributed by atoms with Crippen molar-refractivity contribution in [3.8, 4) is 0 Å². The fraction of sp³-hybridized carbons (Fsp3) is 0.318. The number of nitrogens with zero attached hydrogens (tertiary/aromatic N) is 1. The number of aryl methyl sites for hydroxylation is 2. The highest BCUT2D eigenvalue weighted by molar-refractivity contribution is 5.85. The normalized spacial score (nSPS) is 14.4. The molecule has 1 N–H and O–H groups in total. The molecular formula is C22H24N2O. The fourth-order valence-corrected chi connectivity index (χ4v) is 3.77. The third kappa shape index (κ3) is 3.32. The van der Waals surface area contributed by atoms with Crippen LogP contribution in [0.1, 0.15) is 28.8 Å². The smallest absolute Gasteiger partial charge is 0.222 e. The molecule has 0 fully saturated rings. The molecule has 1 aromatic heterocycles. The van der Waals surface area contributed by atoms with Crippen LogP contribution in [0.2, 0.25) is 0 Å². The number of hydrogen-bond acceptors (Lipinski definition) is 1. The molecule has 0 spiro atoms. The molecule has 0 bridgehead atoms. The van der Waals surface area contributed by atoms with Crippen LogP contribution >= 0.6 is 0 Å². The highest BCUT2D eigenvalue weighted by Gasteiger charge is 2.21. The number of carbonyl (C=O) groups excluding carboxylic acids is 1. The summed E-state index contributed by atoms with van der Waals surface area (Å²) in [5.74, 6) is 0.273. The van der Waals surface area contributed by atoms with Gasteiger partial charge in [0.25, 0.3) is 0 Å². The summed E-state index contributed by atoms with van der Waals surface area (Å²) in [4.78, 5) is 18.2. The zero-order valence-corrected chi connectivity index (χ0v) is 14.7. The Morgan fingerprint density at radius 1 is 1.04 bits per heavy atom. The van der Waals surface area contributed by atoms with E-state index in [9.17, 15) is 4.79 Å². The minimum absolute atomic E-state index is 0.273. The van der Waals surface area contributed by atoms with Gasteiger partial charge in [0.1, 0.15) is 0 Å². The third-order valence-corrected chi connectivity index (χ3v) is 5.27. The molecule has 0 aliphatic carbocycles. The van der Waals surface area contributed by atoms with Crippen LogP contribution in [-0.2, 0) is 24.1 Å². The van der Waals surface area contributed by atoms with Crippen LogP contribution in [0, 0.1) is 6.92 Å². The molecule has 0 saturated carbocycles. The van der Waals surface area contributed by atoms with E-state index in [4.69, 9.17) is 0 Å². The van der Waals surface area contributed by atoms with Gasteiger partial charge in [-0.25, -0.2) is 0 Å². The van der Waals surface area contributed by atoms with Crippen LogP contribution in [0.4, 0.5) is 0 Å². The zero-order chi connectivity index (χ0) is 17.2. The van der Waals surface area contributed by atoms with Crippen molar-refractivity contribution >= 4 is 16.8 Å². The first-order chi connectivity index (χ1) is 12.2. The SMILES string of the molecule is Cc1ccc(CCC(=O)N2CCc3[nH]c4ccccc4c3CC2)cc1. The van der Waals surface area contributed by atoms with Crippen molar-refractivity contribution in [2.75, 3.05) is 13.1 Å². The number of benzene rings is 2. The average Bonchev–Trinajstić information content (AvgIpc) is 2.85. The number of H-pyrrole nitrogens is 1. The number of para-hydroxylation sites is 1. The summed E-state index contributed by atoms with van der Waals surface area (Å²) in [5, 5.41) is 1.31. The van der Waals surface area contributed by atoms with Crippen molar-refractivity contribution in [1.29, 1.82) is 0 Å². The monoisotopic (exact) mass is 332 g/mol. The van der Waals surface area contributed by atoms with Gasteiger partial charge >= 0.3 is 0 Å². The molecule has 0 radical (unpaired) electrons. The molecule has 3 aromatic rings. The molecule has 2 heterocycles. The quantitative estimate of drug-likeness (QED) is 0.772. The molecule has 1 aliphatic heterocycles. The predicted octanol–water partition coefficient (Wildman–Crippen LogP) is 4.04. The fourth-order valence-electron chi connectivity index (χ4n) is 3.77. The molecule has 3 heteroatoms. The van der Waals surface area contributed by atoms with Gasteiger partial charge in [0.2, 0.25) is 5.91 Å². The van der Waals surface area contributed by atoms with Crippen LogP contribution in [0.25, 0.3) is 10.9 Å². The summed E-state index contributed by atoms with van der Waals surface area (Å²) in [7, 11) is 0. The van der Waals surface area contributed by atoms with E-state index in [1.54, 1.807) is 0 Å². The Labute approximate surface area is 148 Å². The summed E-state index contributed by atoms with van der Waals surface area (Å²) in [6.07, 6.45) is 3.28. The largest absolute Gasteiger partial charge is 0.358 e. The first-order valence-corrected chi connectivity index (χ1v) is 9.12. The van der Waals surface area contributed by atoms with Gasteiger partial charge in [-0.15, -0.1) is 0 Å². The van der Waals surface area contributed by atoms with Gasteiger partial charge in [-0.05, 0) is 37.0 Å². The summed E-state index contributed by atoms with van der Waals surface area (Å²) in [6.45, 7) is 3.72. The van der Waals surface area contributed by atoms with E-state index in [-0.39, 0.29) is 5.91 Å². The number of aromatic nitrogens is 1. The molecular weight excluding hydrogens is 308 g/mol. The molecule has 2 aromatic carbocycles. The zero-order valence-electron chi connectivity index (χ0n) is 14.7. The van der Waals surface area contributed by atoms with Gasteiger partial charge in [-0.3, -0.25) is 4.79 Å². The van der Waals surface area contributed by atoms with Gasteiger partial charge in [0, 0.05) is 42.5 Å². The number of rotatable bonds is 3. The van der Waals surface area contributed by atoms with E-state index in [1.165, 1.54) is 33.3 Å². The van der Waals surface area contributed by atoms with Gasteiger partial charge < -0.3 is 9.88 Å². The van der Waals surface area contributed by atoms with Crippen molar-refractivity contribution in [3.05, 3.63) is 70.9 Å². The lowest BCUT2D eigenvalue weighted by Gasteiger charge is -2.20. The Hall–Kier alpha value is -2.55. The molecule has 1 aliphatic rings. The maximum atomic E-state index is 12.6. The number of fused-ring (bicyclic) bond motifs is 3. The van der Waals surface area contributed by atoms with E-state index in [2.05, 4.69) is 60.4 Å². The summed E-state index contributed by atoms with van der Waals surface area (Å²) < 4.78 is 0. The van der Waals surface area contributed by atoms with E-state index in [0.717, 1.165) is 32.4 Å². The first kappa shape index (κ1) is 15.9. The Morgan fingerprint density at radius 2 is 1.80 bits per heavy atom. The predicted molar refractivity (Wildman–Crippen MR) is 102 cm³/mol. The summed E-state index contributed by atoms with van der Waals surface area (Å²) in [6, 6.07) is 17.0. The number of aromatic amines is 1. The van der Waals surface area contributed by atoms with E-state index >= 15 is 0 Å². The van der Waals surface area contributed by atoms with Crippen LogP contribution in [0.15, 0.2) is 48.5 Å². The second-order valence-electron chi connectivity index (χ2n) is 6.99. The van der Waals surface area contributed by atoms with Crippen molar-refractivity contribution in [2.45, 2.75) is 32.6 Å². The van der Waals surface area contributed by atoms with Crippen LogP contribution < -0.4 is 0 Å². The molecule has 1 amide bonds. The number of nitrogens with one attached hydrogen (secondary N) is 1. The lowest BCUT2D eigenvalue weighted by atomic mass is 10.1. The highest BCUT2D eigenvalue weighted by atomic mass is 16.2. The first-order valence-electron chi connectivity index (χ1n) is 9.12. The Balaban J connectivity index is 1.41. The lowest BCUT2D eigenvalue weighted by molar-refractivity contribution is -0.131. The summed E-state index contributed by atoms with van der Waals surface area (Å²) in [5.41, 5.74) is 6.41. The van der Waals surface area contributed by atoms with Gasteiger partial charge in [0.05, 0.1) is 0 Å². The van der Waals surface area contributed by atoms with E-state index in [1.807, 2.05) is 4.90 Å². The molecule has 4 rings (SSSR count). The van der Waals surface area contributed by atoms with Crippen LogP contribution in [0.5, 0.6) is 0 Å². The highest BCUT2D eigenvalue weighted by Crippen LogP contribution is 2.25. The lowest BCUT2D eigenvalue weighted by Crippen LogP contribution is -2.33. The van der Waals surface area contributed by atoms with Crippen molar-refractivity contribution in [2.24, 2.45) is 0 Å². The number of carbonyl (C=O) groups is 1. The number of amides is 1. The minimum Gasteiger partial charge on any atom is -0.358 e. The van der Waals surface area contributed by atoms with Gasteiger partial charge in [-0.1, -0.05) is 48.0 Å². The van der Waals surface area contributed by atoms with Crippen molar-refractivity contribution in [1.82, 2.24) is 9.88 Å². The summed E-state index contributed by atoms with van der Waals surface area (Å²) >= 11 is 0. The Kier molecular flexibility index (Phi) is 4.31.